The molecule has 2 rings (SSSR count). The molecule has 0 amide bonds. The van der Waals surface area contributed by atoms with Crippen LogP contribution in [-0.4, -0.2) is 129 Å². The van der Waals surface area contributed by atoms with Gasteiger partial charge >= 0.3 is 5.97 Å². The van der Waals surface area contributed by atoms with Gasteiger partial charge in [-0.15, -0.1) is 0 Å². The Bertz CT molecular complexity index is 641. The lowest BCUT2D eigenvalue weighted by atomic mass is 9.97. The third-order valence-corrected chi connectivity index (χ3v) is 6.53. The van der Waals surface area contributed by atoms with Crippen molar-refractivity contribution in [2.24, 2.45) is 0 Å². The smallest absolute Gasteiger partial charge is 0.305 e. The molecule has 1 unspecified atom stereocenters. The summed E-state index contributed by atoms with van der Waals surface area (Å²) in [6, 6.07) is 0. The molecule has 0 aromatic heterocycles. The molecule has 2 aliphatic heterocycles. The molecule has 0 spiro atoms. The maximum absolute atomic E-state index is 11.1. The summed E-state index contributed by atoms with van der Waals surface area (Å²) in [6.07, 6.45) is -10.2. The molecular formula is C22H39ClO13. The maximum Gasteiger partial charge on any atom is 0.305 e. The largest absolute Gasteiger partial charge is 0.469 e. The molecule has 0 aromatic rings. The van der Waals surface area contributed by atoms with E-state index < -0.39 is 73.6 Å². The average molecular weight is 547 g/mol. The topological polar surface area (TPSA) is 205 Å². The van der Waals surface area contributed by atoms with Gasteiger partial charge in [-0.3, -0.25) is 4.79 Å². The molecule has 2 heterocycles. The molecule has 36 heavy (non-hydrogen) atoms. The van der Waals surface area contributed by atoms with Gasteiger partial charge in [-0.25, -0.2) is 0 Å². The van der Waals surface area contributed by atoms with E-state index in [9.17, 15) is 40.5 Å². The van der Waals surface area contributed by atoms with Crippen molar-refractivity contribution in [3.63, 3.8) is 0 Å². The summed E-state index contributed by atoms with van der Waals surface area (Å²) in [5, 5.41) is 70.3. The van der Waals surface area contributed by atoms with E-state index in [1.165, 1.54) is 7.11 Å². The van der Waals surface area contributed by atoms with Crippen LogP contribution in [-0.2, 0) is 28.5 Å². The maximum atomic E-state index is 11.1. The van der Waals surface area contributed by atoms with Gasteiger partial charge in [-0.1, -0.05) is 37.3 Å². The van der Waals surface area contributed by atoms with Crippen LogP contribution in [0.2, 0.25) is 0 Å². The third-order valence-electron chi connectivity index (χ3n) is 6.28. The van der Waals surface area contributed by atoms with Crippen molar-refractivity contribution in [1.29, 1.82) is 0 Å². The van der Waals surface area contributed by atoms with Crippen molar-refractivity contribution in [3.05, 3.63) is 0 Å². The molecular weight excluding hydrogens is 508 g/mol. The zero-order valence-electron chi connectivity index (χ0n) is 20.2. The highest BCUT2D eigenvalue weighted by atomic mass is 35.5. The minimum absolute atomic E-state index is 0.187. The predicted octanol–water partition coefficient (Wildman–Crippen LogP) is -1.90. The molecule has 0 aromatic carbocycles. The summed E-state index contributed by atoms with van der Waals surface area (Å²) in [5.74, 6) is -0.229. The van der Waals surface area contributed by atoms with Crippen molar-refractivity contribution in [1.82, 2.24) is 0 Å². The number of hydrogen-bond donors (Lipinski definition) is 7. The molecule has 2 saturated heterocycles. The van der Waals surface area contributed by atoms with Crippen LogP contribution in [0.5, 0.6) is 0 Å². The van der Waals surface area contributed by atoms with Gasteiger partial charge in [0.2, 0.25) is 0 Å². The van der Waals surface area contributed by atoms with E-state index in [0.717, 1.165) is 32.1 Å². The highest BCUT2D eigenvalue weighted by Crippen LogP contribution is 2.31. The molecule has 2 fully saturated rings. The van der Waals surface area contributed by atoms with Crippen molar-refractivity contribution in [3.8, 4) is 0 Å². The normalized spacial score (nSPS) is 38.0. The summed E-state index contributed by atoms with van der Waals surface area (Å²) in [7, 11) is 1.36. The van der Waals surface area contributed by atoms with Crippen LogP contribution >= 0.6 is 11.6 Å². The van der Waals surface area contributed by atoms with Gasteiger partial charge in [-0.05, 0) is 12.8 Å². The SMILES string of the molecule is COC(=O)CCCCCCCCO[C@H]1O[C@H](CO)[C@@H](O)[C@H](O)[C@H]1O[C@@H]1O[C@H](C(O)Cl)[C@@H](O)[C@H](O)[C@H]1O. The van der Waals surface area contributed by atoms with Gasteiger partial charge in [0.15, 0.2) is 18.1 Å². The van der Waals surface area contributed by atoms with Gasteiger partial charge in [0.25, 0.3) is 0 Å². The second-order valence-corrected chi connectivity index (χ2v) is 9.39. The van der Waals surface area contributed by atoms with Crippen molar-refractivity contribution in [2.45, 2.75) is 112 Å². The molecule has 13 nitrogen and oxygen atoms in total. The van der Waals surface area contributed by atoms with Crippen molar-refractivity contribution in [2.75, 3.05) is 20.3 Å². The molecule has 0 bridgehead atoms. The van der Waals surface area contributed by atoms with E-state index >= 15 is 0 Å². The number of esters is 1. The predicted molar refractivity (Wildman–Crippen MR) is 121 cm³/mol. The second kappa shape index (κ2) is 15.7. The Morgan fingerprint density at radius 2 is 1.50 bits per heavy atom. The first-order valence-corrected chi connectivity index (χ1v) is 12.5. The molecule has 0 radical (unpaired) electrons. The second-order valence-electron chi connectivity index (χ2n) is 8.94. The fraction of sp³-hybridized carbons (Fsp3) is 0.955. The van der Waals surface area contributed by atoms with E-state index in [0.29, 0.717) is 12.8 Å². The van der Waals surface area contributed by atoms with Crippen LogP contribution in [0.4, 0.5) is 0 Å². The van der Waals surface area contributed by atoms with Gasteiger partial charge < -0.3 is 59.4 Å². The highest BCUT2D eigenvalue weighted by molar-refractivity contribution is 6.19. The Labute approximate surface area is 214 Å². The number of alkyl halides is 1. The fourth-order valence-electron chi connectivity index (χ4n) is 4.08. The molecule has 0 aliphatic carbocycles. The molecule has 14 heteroatoms. The Kier molecular flexibility index (Phi) is 13.7. The van der Waals surface area contributed by atoms with E-state index in [2.05, 4.69) is 4.74 Å². The van der Waals surface area contributed by atoms with Crippen LogP contribution < -0.4 is 0 Å². The Morgan fingerprint density at radius 3 is 2.11 bits per heavy atom. The molecule has 212 valence electrons. The molecule has 7 N–H and O–H groups in total. The summed E-state index contributed by atoms with van der Waals surface area (Å²) >= 11 is 5.58. The van der Waals surface area contributed by atoms with Gasteiger partial charge in [0, 0.05) is 13.0 Å². The zero-order valence-corrected chi connectivity index (χ0v) is 20.9. The van der Waals surface area contributed by atoms with Gasteiger partial charge in [-0.2, -0.15) is 0 Å². The summed E-state index contributed by atoms with van der Waals surface area (Å²) in [4.78, 5) is 11.1. The number of methoxy groups -OCH3 is 1. The molecule has 11 atom stereocenters. The molecule has 2 aliphatic rings. The van der Waals surface area contributed by atoms with E-state index in [4.69, 9.17) is 30.5 Å². The number of halogens is 1. The highest BCUT2D eigenvalue weighted by Gasteiger charge is 2.51. The van der Waals surface area contributed by atoms with Crippen LogP contribution in [0.3, 0.4) is 0 Å². The number of rotatable bonds is 14. The summed E-state index contributed by atoms with van der Waals surface area (Å²) < 4.78 is 26.7. The standard InChI is InChI=1S/C22H39ClO13/c1-32-12(25)8-6-4-2-3-5-7-9-33-22-19(15(28)13(26)11(10-24)34-22)36-21-17(30)14(27)16(29)18(35-21)20(23)31/h11,13-22,24,26-31H,2-10H2,1H3/t11-,13-,14+,15+,16+,17-,18+,19-,20?,21+,22+/m1/s1. The zero-order chi connectivity index (χ0) is 26.8. The lowest BCUT2D eigenvalue weighted by Crippen LogP contribution is -2.65. The van der Waals surface area contributed by atoms with E-state index in [-0.39, 0.29) is 12.6 Å². The number of ether oxygens (including phenoxy) is 5. The number of carbonyl (C=O) groups is 1. The number of carbonyl (C=O) groups excluding carboxylic acids is 1. The minimum atomic E-state index is -1.79. The lowest BCUT2D eigenvalue weighted by molar-refractivity contribution is -0.368. The third kappa shape index (κ3) is 8.68. The average Bonchev–Trinajstić information content (AvgIpc) is 2.86. The number of aliphatic hydroxyl groups excluding tert-OH is 7. The Hall–Kier alpha value is -0.680. The van der Waals surface area contributed by atoms with Crippen LogP contribution in [0.15, 0.2) is 0 Å². The van der Waals surface area contributed by atoms with Crippen LogP contribution in [0, 0.1) is 0 Å². The minimum Gasteiger partial charge on any atom is -0.469 e. The van der Waals surface area contributed by atoms with Gasteiger partial charge in [0.1, 0.15) is 48.8 Å². The summed E-state index contributed by atoms with van der Waals surface area (Å²) in [5.41, 5.74) is -1.74. The fourth-order valence-corrected chi connectivity index (χ4v) is 4.29. The summed E-state index contributed by atoms with van der Waals surface area (Å²) in [6.45, 7) is -0.420. The van der Waals surface area contributed by atoms with Gasteiger partial charge in [0.05, 0.1) is 13.7 Å². The number of hydrogen-bond acceptors (Lipinski definition) is 13. The Balaban J connectivity index is 1.90. The Morgan fingerprint density at radius 1 is 0.861 bits per heavy atom. The first kappa shape index (κ1) is 31.5. The van der Waals surface area contributed by atoms with Crippen LogP contribution in [0.1, 0.15) is 44.9 Å². The van der Waals surface area contributed by atoms with E-state index in [1.54, 1.807) is 0 Å². The first-order valence-electron chi connectivity index (χ1n) is 12.1. The van der Waals surface area contributed by atoms with Crippen LogP contribution in [0.25, 0.3) is 0 Å². The quantitative estimate of drug-likeness (QED) is 0.0722. The first-order chi connectivity index (χ1) is 17.1. The number of aliphatic hydroxyl groups is 7. The monoisotopic (exact) mass is 546 g/mol. The molecule has 0 saturated carbocycles. The van der Waals surface area contributed by atoms with Crippen molar-refractivity contribution >= 4 is 17.6 Å². The van der Waals surface area contributed by atoms with E-state index in [1.807, 2.05) is 0 Å². The van der Waals surface area contributed by atoms with Crippen molar-refractivity contribution < 1.29 is 64.2 Å². The number of unbranched alkanes of at least 4 members (excludes halogenated alkanes) is 5. The lowest BCUT2D eigenvalue weighted by Gasteiger charge is -2.46.